The van der Waals surface area contributed by atoms with Crippen molar-refractivity contribution >= 4 is 46.2 Å². The maximum Gasteiger partial charge on any atom is 0.354 e. The Kier molecular flexibility index (Phi) is 4.96. The molecule has 0 radical (unpaired) electrons. The summed E-state index contributed by atoms with van der Waals surface area (Å²) < 4.78 is 0. The molecule has 0 saturated carbocycles. The second kappa shape index (κ2) is 6.73. The zero-order chi connectivity index (χ0) is 16.3. The molecule has 1 heterocycles. The first kappa shape index (κ1) is 16.2. The van der Waals surface area contributed by atoms with Gasteiger partial charge in [0, 0.05) is 19.1 Å². The van der Waals surface area contributed by atoms with Crippen molar-refractivity contribution in [3.63, 3.8) is 0 Å². The molecule has 2 rings (SSSR count). The lowest BCUT2D eigenvalue weighted by molar-refractivity contribution is -0.383. The van der Waals surface area contributed by atoms with Crippen molar-refractivity contribution in [3.8, 4) is 0 Å². The van der Waals surface area contributed by atoms with E-state index in [-0.39, 0.29) is 17.3 Å². The Balaban J connectivity index is 2.44. The van der Waals surface area contributed by atoms with Gasteiger partial charge < -0.3 is 5.32 Å². The van der Waals surface area contributed by atoms with Gasteiger partial charge in [0.05, 0.1) is 15.6 Å². The molecule has 0 unspecified atom stereocenters. The van der Waals surface area contributed by atoms with E-state index in [2.05, 4.69) is 20.7 Å². The van der Waals surface area contributed by atoms with E-state index < -0.39 is 4.92 Å². The highest BCUT2D eigenvalue weighted by Crippen LogP contribution is 2.34. The number of hydrogen-bond donors (Lipinski definition) is 2. The van der Waals surface area contributed by atoms with Crippen molar-refractivity contribution in [1.82, 2.24) is 15.0 Å². The van der Waals surface area contributed by atoms with Crippen LogP contribution in [0.5, 0.6) is 0 Å². The van der Waals surface area contributed by atoms with Gasteiger partial charge in [0.25, 0.3) is 0 Å². The second-order valence-electron chi connectivity index (χ2n) is 4.43. The van der Waals surface area contributed by atoms with Crippen molar-refractivity contribution in [2.75, 3.05) is 24.8 Å². The first-order chi connectivity index (χ1) is 10.4. The minimum absolute atomic E-state index is 0.0218. The Hall–Kier alpha value is -2.16. The topological polar surface area (TPSA) is 96.2 Å². The molecule has 0 atom stereocenters. The molecule has 0 aliphatic rings. The molecule has 0 spiro atoms. The molecule has 2 N–H and O–H groups in total. The van der Waals surface area contributed by atoms with Crippen LogP contribution in [0.25, 0.3) is 0 Å². The summed E-state index contributed by atoms with van der Waals surface area (Å²) in [6.45, 7) is 0. The maximum absolute atomic E-state index is 11.3. The second-order valence-corrected chi connectivity index (χ2v) is 5.28. The SMILES string of the molecule is CN(C)Nc1ncnc(Nc2ccc(Cl)cc2Cl)c1[N+](=O)[O-]. The summed E-state index contributed by atoms with van der Waals surface area (Å²) in [5, 5.41) is 16.5. The number of nitrogens with zero attached hydrogens (tertiary/aromatic N) is 4. The average molecular weight is 343 g/mol. The van der Waals surface area contributed by atoms with Crippen LogP contribution in [-0.4, -0.2) is 34.0 Å². The first-order valence-electron chi connectivity index (χ1n) is 6.04. The molecule has 8 nitrogen and oxygen atoms in total. The molecule has 1 aromatic carbocycles. The molecule has 0 saturated heterocycles. The smallest absolute Gasteiger partial charge is 0.333 e. The Labute approximate surface area is 136 Å². The summed E-state index contributed by atoms with van der Waals surface area (Å²) in [6, 6.07) is 4.74. The van der Waals surface area contributed by atoms with Crippen LogP contribution in [0.1, 0.15) is 0 Å². The van der Waals surface area contributed by atoms with Gasteiger partial charge in [0.1, 0.15) is 6.33 Å². The molecule has 22 heavy (non-hydrogen) atoms. The van der Waals surface area contributed by atoms with E-state index >= 15 is 0 Å². The number of aromatic nitrogens is 2. The van der Waals surface area contributed by atoms with Gasteiger partial charge in [-0.05, 0) is 18.2 Å². The number of hydrogen-bond acceptors (Lipinski definition) is 7. The predicted molar refractivity (Wildman–Crippen MR) is 85.7 cm³/mol. The van der Waals surface area contributed by atoms with Gasteiger partial charge in [-0.15, -0.1) is 0 Å². The van der Waals surface area contributed by atoms with Gasteiger partial charge in [-0.3, -0.25) is 15.5 Å². The number of nitro groups is 1. The minimum Gasteiger partial charge on any atom is -0.333 e. The normalized spacial score (nSPS) is 10.6. The number of hydrazine groups is 1. The Morgan fingerprint density at radius 1 is 1.23 bits per heavy atom. The summed E-state index contributed by atoms with van der Waals surface area (Å²) in [5.41, 5.74) is 2.91. The van der Waals surface area contributed by atoms with E-state index in [1.165, 1.54) is 17.4 Å². The number of nitrogens with one attached hydrogen (secondary N) is 2. The molecule has 0 amide bonds. The molecule has 1 aromatic heterocycles. The molecule has 0 aliphatic carbocycles. The maximum atomic E-state index is 11.3. The molecule has 0 fully saturated rings. The number of halogens is 2. The zero-order valence-corrected chi connectivity index (χ0v) is 13.2. The highest BCUT2D eigenvalue weighted by atomic mass is 35.5. The standard InChI is InChI=1S/C12H12Cl2N6O2/c1-19(2)18-12-10(20(21)22)11(15-6-16-12)17-9-4-3-7(13)5-8(9)14/h3-6H,1-2H3,(H2,15,16,17,18). The van der Waals surface area contributed by atoms with E-state index in [4.69, 9.17) is 23.2 Å². The average Bonchev–Trinajstić information content (AvgIpc) is 2.41. The van der Waals surface area contributed by atoms with Crippen molar-refractivity contribution < 1.29 is 4.92 Å². The fraction of sp³-hybridized carbons (Fsp3) is 0.167. The van der Waals surface area contributed by atoms with Crippen LogP contribution in [0.2, 0.25) is 10.0 Å². The van der Waals surface area contributed by atoms with Gasteiger partial charge in [0.2, 0.25) is 11.6 Å². The molecule has 0 aliphatic heterocycles. The highest BCUT2D eigenvalue weighted by molar-refractivity contribution is 6.36. The molecular weight excluding hydrogens is 331 g/mol. The monoisotopic (exact) mass is 342 g/mol. The number of rotatable bonds is 5. The third-order valence-corrected chi connectivity index (χ3v) is 3.07. The van der Waals surface area contributed by atoms with E-state index in [0.29, 0.717) is 15.7 Å². The van der Waals surface area contributed by atoms with Gasteiger partial charge >= 0.3 is 5.69 Å². The van der Waals surface area contributed by atoms with Gasteiger partial charge in [-0.2, -0.15) is 0 Å². The summed E-state index contributed by atoms with van der Waals surface area (Å²) in [4.78, 5) is 18.5. The van der Waals surface area contributed by atoms with Crippen molar-refractivity contribution in [2.24, 2.45) is 0 Å². The van der Waals surface area contributed by atoms with Crippen LogP contribution in [0.15, 0.2) is 24.5 Å². The van der Waals surface area contributed by atoms with Crippen molar-refractivity contribution in [2.45, 2.75) is 0 Å². The van der Waals surface area contributed by atoms with Crippen LogP contribution >= 0.6 is 23.2 Å². The van der Waals surface area contributed by atoms with E-state index in [1.807, 2.05) is 0 Å². The van der Waals surface area contributed by atoms with Crippen LogP contribution in [0, 0.1) is 10.1 Å². The molecular formula is C12H12Cl2N6O2. The van der Waals surface area contributed by atoms with E-state index in [0.717, 1.165) is 0 Å². The first-order valence-corrected chi connectivity index (χ1v) is 6.79. The van der Waals surface area contributed by atoms with Crippen LogP contribution in [0.4, 0.5) is 23.0 Å². The molecule has 10 heteroatoms. The third kappa shape index (κ3) is 3.73. The summed E-state index contributed by atoms with van der Waals surface area (Å²) in [6.07, 6.45) is 1.21. The van der Waals surface area contributed by atoms with Crippen LogP contribution in [0.3, 0.4) is 0 Å². The van der Waals surface area contributed by atoms with Gasteiger partial charge in [-0.25, -0.2) is 15.0 Å². The molecule has 2 aromatic rings. The van der Waals surface area contributed by atoms with Gasteiger partial charge in [-0.1, -0.05) is 23.2 Å². The fourth-order valence-electron chi connectivity index (χ4n) is 1.66. The van der Waals surface area contributed by atoms with Crippen LogP contribution < -0.4 is 10.7 Å². The van der Waals surface area contributed by atoms with Crippen molar-refractivity contribution in [3.05, 3.63) is 44.7 Å². The summed E-state index contributed by atoms with van der Waals surface area (Å²) in [5.74, 6) is 0.0890. The Bertz CT molecular complexity index is 710. The van der Waals surface area contributed by atoms with E-state index in [1.54, 1.807) is 26.2 Å². The minimum atomic E-state index is -0.571. The predicted octanol–water partition coefficient (Wildman–Crippen LogP) is 3.32. The number of benzene rings is 1. The lowest BCUT2D eigenvalue weighted by Gasteiger charge is -2.14. The summed E-state index contributed by atoms with van der Waals surface area (Å²) >= 11 is 11.9. The Morgan fingerprint density at radius 3 is 2.50 bits per heavy atom. The highest BCUT2D eigenvalue weighted by Gasteiger charge is 2.24. The summed E-state index contributed by atoms with van der Waals surface area (Å²) in [7, 11) is 3.38. The zero-order valence-electron chi connectivity index (χ0n) is 11.7. The molecule has 0 bridgehead atoms. The lowest BCUT2D eigenvalue weighted by atomic mass is 10.3. The van der Waals surface area contributed by atoms with Crippen molar-refractivity contribution in [1.29, 1.82) is 0 Å². The van der Waals surface area contributed by atoms with E-state index in [9.17, 15) is 10.1 Å². The largest absolute Gasteiger partial charge is 0.354 e. The van der Waals surface area contributed by atoms with Gasteiger partial charge in [0.15, 0.2) is 0 Å². The van der Waals surface area contributed by atoms with Crippen LogP contribution in [-0.2, 0) is 0 Å². The molecule has 116 valence electrons. The number of anilines is 3. The third-order valence-electron chi connectivity index (χ3n) is 2.52. The fourth-order valence-corrected chi connectivity index (χ4v) is 2.11. The quantitative estimate of drug-likeness (QED) is 0.635. The Morgan fingerprint density at radius 2 is 1.91 bits per heavy atom. The lowest BCUT2D eigenvalue weighted by Crippen LogP contribution is -2.21.